The largest absolute Gasteiger partial charge is 0.502 e. The van der Waals surface area contributed by atoms with Crippen LogP contribution in [-0.4, -0.2) is 19.2 Å². The molecular weight excluding hydrogens is 260 g/mol. The van der Waals surface area contributed by atoms with E-state index in [2.05, 4.69) is 72.3 Å². The van der Waals surface area contributed by atoms with Gasteiger partial charge in [-0.15, -0.1) is 0 Å². The van der Waals surface area contributed by atoms with Crippen LogP contribution in [0.2, 0.25) is 0 Å². The molecule has 2 unspecified atom stereocenters. The Morgan fingerprint density at radius 1 is 1.00 bits per heavy atom. The van der Waals surface area contributed by atoms with Crippen LogP contribution in [0.15, 0.2) is 24.7 Å². The fraction of sp³-hybridized carbons (Fsp3) is 0.778. The quantitative estimate of drug-likeness (QED) is 0.650. The molecule has 0 aliphatic heterocycles. The number of hydrogen-bond donors (Lipinski definition) is 2. The zero-order chi connectivity index (χ0) is 16.8. The monoisotopic (exact) mass is 296 g/mol. The Kier molecular flexibility index (Phi) is 7.35. The van der Waals surface area contributed by atoms with Crippen LogP contribution >= 0.6 is 0 Å². The highest BCUT2D eigenvalue weighted by molar-refractivity contribution is 4.99. The van der Waals surface area contributed by atoms with E-state index in [0.717, 1.165) is 24.4 Å². The minimum Gasteiger partial charge on any atom is -0.502 e. The zero-order valence-corrected chi connectivity index (χ0v) is 15.4. The summed E-state index contributed by atoms with van der Waals surface area (Å²) in [7, 11) is 1.67. The normalized spacial score (nSPS) is 15.0. The van der Waals surface area contributed by atoms with Crippen LogP contribution < -0.4 is 10.6 Å². The second kappa shape index (κ2) is 7.77. The van der Waals surface area contributed by atoms with Gasteiger partial charge in [-0.2, -0.15) is 0 Å². The van der Waals surface area contributed by atoms with Gasteiger partial charge in [0.25, 0.3) is 0 Å². The molecule has 124 valence electrons. The maximum atomic E-state index is 5.17. The van der Waals surface area contributed by atoms with Gasteiger partial charge in [-0.3, -0.25) is 0 Å². The van der Waals surface area contributed by atoms with Crippen LogP contribution in [0.4, 0.5) is 0 Å². The van der Waals surface area contributed by atoms with Gasteiger partial charge in [0.15, 0.2) is 0 Å². The Morgan fingerprint density at radius 3 is 1.90 bits per heavy atom. The third kappa shape index (κ3) is 8.03. The van der Waals surface area contributed by atoms with E-state index in [4.69, 9.17) is 4.74 Å². The van der Waals surface area contributed by atoms with Gasteiger partial charge in [0.05, 0.1) is 18.7 Å². The van der Waals surface area contributed by atoms with E-state index < -0.39 is 0 Å². The zero-order valence-electron chi connectivity index (χ0n) is 15.4. The first-order valence-corrected chi connectivity index (χ1v) is 7.81. The van der Waals surface area contributed by atoms with Crippen LogP contribution in [0.1, 0.15) is 61.3 Å². The van der Waals surface area contributed by atoms with Crippen LogP contribution in [0, 0.1) is 10.8 Å². The van der Waals surface area contributed by atoms with Crippen LogP contribution in [-0.2, 0) is 4.74 Å². The van der Waals surface area contributed by atoms with Crippen molar-refractivity contribution in [1.82, 2.24) is 10.6 Å². The van der Waals surface area contributed by atoms with Crippen molar-refractivity contribution in [2.45, 2.75) is 73.4 Å². The van der Waals surface area contributed by atoms with Gasteiger partial charge >= 0.3 is 0 Å². The van der Waals surface area contributed by atoms with Crippen molar-refractivity contribution in [3.63, 3.8) is 0 Å². The van der Waals surface area contributed by atoms with Crippen LogP contribution in [0.25, 0.3) is 0 Å². The summed E-state index contributed by atoms with van der Waals surface area (Å²) >= 11 is 0. The molecule has 0 heterocycles. The van der Waals surface area contributed by atoms with E-state index in [1.54, 1.807) is 7.11 Å². The second-order valence-electron chi connectivity index (χ2n) is 8.06. The lowest BCUT2D eigenvalue weighted by Gasteiger charge is -2.36. The standard InChI is InChI=1S/C18H36N2O/c1-13(21-10)11-12-16(18(7,8)9)20-15(3)19-14(2)17(4,5)6/h14,16,19-20H,1,3,11-12H2,2,4-10H3. The number of ether oxygens (including phenoxy) is 1. The molecular formula is C18H36N2O. The van der Waals surface area contributed by atoms with Crippen molar-refractivity contribution in [1.29, 1.82) is 0 Å². The molecule has 0 aliphatic rings. The lowest BCUT2D eigenvalue weighted by molar-refractivity contribution is 0.229. The average Bonchev–Trinajstić information content (AvgIpc) is 2.31. The SMILES string of the molecule is C=C(NC(C)C(C)(C)C)NC(CCC(=C)OC)C(C)(C)C. The summed E-state index contributed by atoms with van der Waals surface area (Å²) < 4.78 is 5.17. The minimum absolute atomic E-state index is 0.142. The molecule has 3 nitrogen and oxygen atoms in total. The van der Waals surface area contributed by atoms with Crippen molar-refractivity contribution in [2.24, 2.45) is 10.8 Å². The number of allylic oxidation sites excluding steroid dienone is 1. The highest BCUT2D eigenvalue weighted by Crippen LogP contribution is 2.25. The minimum atomic E-state index is 0.142. The molecule has 0 aromatic rings. The molecule has 0 radical (unpaired) electrons. The Labute approximate surface area is 132 Å². The predicted octanol–water partition coefficient (Wildman–Crippen LogP) is 4.43. The molecule has 0 bridgehead atoms. The Balaban J connectivity index is 4.61. The van der Waals surface area contributed by atoms with Gasteiger partial charge in [-0.05, 0) is 24.2 Å². The summed E-state index contributed by atoms with van der Waals surface area (Å²) in [5, 5.41) is 7.00. The van der Waals surface area contributed by atoms with E-state index in [9.17, 15) is 0 Å². The maximum absolute atomic E-state index is 5.17. The van der Waals surface area contributed by atoms with Crippen molar-refractivity contribution < 1.29 is 4.74 Å². The first-order valence-electron chi connectivity index (χ1n) is 7.81. The number of nitrogens with one attached hydrogen (secondary N) is 2. The summed E-state index contributed by atoms with van der Waals surface area (Å²) in [5.41, 5.74) is 0.343. The van der Waals surface area contributed by atoms with Gasteiger partial charge in [-0.25, -0.2) is 0 Å². The van der Waals surface area contributed by atoms with Crippen molar-refractivity contribution >= 4 is 0 Å². The summed E-state index contributed by atoms with van der Waals surface area (Å²) in [6, 6.07) is 0.670. The van der Waals surface area contributed by atoms with Gasteiger partial charge in [-0.1, -0.05) is 54.7 Å². The number of hydrogen-bond acceptors (Lipinski definition) is 3. The van der Waals surface area contributed by atoms with Gasteiger partial charge in [0.1, 0.15) is 0 Å². The lowest BCUT2D eigenvalue weighted by Crippen LogP contribution is -2.46. The van der Waals surface area contributed by atoms with Crippen molar-refractivity contribution in [2.75, 3.05) is 7.11 Å². The van der Waals surface area contributed by atoms with Gasteiger partial charge < -0.3 is 15.4 Å². The van der Waals surface area contributed by atoms with Gasteiger partial charge in [0.2, 0.25) is 0 Å². The molecule has 0 fully saturated rings. The second-order valence-corrected chi connectivity index (χ2v) is 8.06. The summed E-state index contributed by atoms with van der Waals surface area (Å²) in [4.78, 5) is 0. The first kappa shape index (κ1) is 19.9. The molecule has 0 spiro atoms. The molecule has 3 heteroatoms. The third-order valence-electron chi connectivity index (χ3n) is 4.08. The number of methoxy groups -OCH3 is 1. The molecule has 0 aromatic heterocycles. The third-order valence-corrected chi connectivity index (χ3v) is 4.08. The summed E-state index contributed by atoms with van der Waals surface area (Å²) in [6.07, 6.45) is 1.83. The predicted molar refractivity (Wildman–Crippen MR) is 93.0 cm³/mol. The first-order chi connectivity index (χ1) is 9.37. The maximum Gasteiger partial charge on any atom is 0.0916 e. The molecule has 0 rings (SSSR count). The highest BCUT2D eigenvalue weighted by atomic mass is 16.5. The number of rotatable bonds is 8. The molecule has 0 saturated heterocycles. The van der Waals surface area contributed by atoms with Crippen LogP contribution in [0.5, 0.6) is 0 Å². The smallest absolute Gasteiger partial charge is 0.0916 e. The molecule has 21 heavy (non-hydrogen) atoms. The summed E-state index contributed by atoms with van der Waals surface area (Å²) in [6.45, 7) is 23.6. The lowest BCUT2D eigenvalue weighted by atomic mass is 9.83. The molecule has 2 atom stereocenters. The fourth-order valence-electron chi connectivity index (χ4n) is 1.86. The van der Waals surface area contributed by atoms with Crippen molar-refractivity contribution in [3.05, 3.63) is 24.7 Å². The van der Waals surface area contributed by atoms with Gasteiger partial charge in [0, 0.05) is 18.5 Å². The van der Waals surface area contributed by atoms with Crippen LogP contribution in [0.3, 0.4) is 0 Å². The Bertz CT molecular complexity index is 347. The van der Waals surface area contributed by atoms with E-state index in [1.165, 1.54) is 0 Å². The Morgan fingerprint density at radius 2 is 1.52 bits per heavy atom. The fourth-order valence-corrected chi connectivity index (χ4v) is 1.86. The summed E-state index contributed by atoms with van der Waals surface area (Å²) in [5.74, 6) is 1.72. The van der Waals surface area contributed by atoms with E-state index in [1.807, 2.05) is 0 Å². The Hall–Kier alpha value is -1.12. The topological polar surface area (TPSA) is 33.3 Å². The van der Waals surface area contributed by atoms with Crippen molar-refractivity contribution in [3.8, 4) is 0 Å². The molecule has 2 N–H and O–H groups in total. The van der Waals surface area contributed by atoms with E-state index >= 15 is 0 Å². The molecule has 0 saturated carbocycles. The van der Waals surface area contributed by atoms with E-state index in [-0.39, 0.29) is 10.8 Å². The highest BCUT2D eigenvalue weighted by Gasteiger charge is 2.26. The molecule has 0 aliphatic carbocycles. The molecule has 0 amide bonds. The molecule has 0 aromatic carbocycles. The average molecular weight is 296 g/mol. The van der Waals surface area contributed by atoms with E-state index in [0.29, 0.717) is 12.1 Å².